The standard InChI is InChI=1S/C16H29N3O7/c1-16(2,3)17-9-5-4-6-12(25-10-20)18-15(24)19-13(26-11-21)7-8-14(22)23/h10-13,17H,4-9H2,1-3H3,(H,22,23)(H2,18,19,24)/t12?,13-/m1/s1. The quantitative estimate of drug-likeness (QED) is 0.197. The number of hydrogen-bond donors (Lipinski definition) is 4. The fourth-order valence-corrected chi connectivity index (χ4v) is 1.99. The molecule has 0 aromatic heterocycles. The Balaban J connectivity index is 4.30. The lowest BCUT2D eigenvalue weighted by Gasteiger charge is -2.22. The molecular weight excluding hydrogens is 346 g/mol. The van der Waals surface area contributed by atoms with Crippen LogP contribution >= 0.6 is 0 Å². The lowest BCUT2D eigenvalue weighted by Crippen LogP contribution is -2.48. The zero-order valence-electron chi connectivity index (χ0n) is 15.4. The first-order valence-electron chi connectivity index (χ1n) is 8.40. The molecule has 1 unspecified atom stereocenters. The van der Waals surface area contributed by atoms with Gasteiger partial charge in [0.15, 0.2) is 12.5 Å². The minimum absolute atomic E-state index is 0.0143. The molecule has 0 aliphatic carbocycles. The summed E-state index contributed by atoms with van der Waals surface area (Å²) in [6.45, 7) is 7.31. The number of rotatable bonds is 14. The number of ether oxygens (including phenoxy) is 2. The number of hydrogen-bond acceptors (Lipinski definition) is 7. The van der Waals surface area contributed by atoms with Gasteiger partial charge in [-0.3, -0.25) is 14.4 Å². The van der Waals surface area contributed by atoms with Crippen LogP contribution < -0.4 is 16.0 Å². The van der Waals surface area contributed by atoms with E-state index in [1.165, 1.54) is 0 Å². The molecule has 10 heteroatoms. The van der Waals surface area contributed by atoms with Crippen LogP contribution in [0.25, 0.3) is 0 Å². The average Bonchev–Trinajstić information content (AvgIpc) is 2.51. The maximum atomic E-state index is 11.9. The Bertz CT molecular complexity index is 452. The van der Waals surface area contributed by atoms with Crippen LogP contribution in [0.5, 0.6) is 0 Å². The van der Waals surface area contributed by atoms with Gasteiger partial charge in [0, 0.05) is 18.4 Å². The van der Waals surface area contributed by atoms with Crippen LogP contribution in [-0.2, 0) is 23.9 Å². The molecule has 0 saturated heterocycles. The lowest BCUT2D eigenvalue weighted by atomic mass is 10.1. The number of carbonyl (C=O) groups is 4. The molecule has 2 amide bonds. The molecule has 150 valence electrons. The van der Waals surface area contributed by atoms with E-state index in [2.05, 4.69) is 41.5 Å². The maximum absolute atomic E-state index is 11.9. The van der Waals surface area contributed by atoms with E-state index in [1.54, 1.807) is 0 Å². The second-order valence-corrected chi connectivity index (χ2v) is 6.66. The van der Waals surface area contributed by atoms with E-state index < -0.39 is 24.5 Å². The van der Waals surface area contributed by atoms with Gasteiger partial charge >= 0.3 is 12.0 Å². The number of carboxylic acids is 1. The second-order valence-electron chi connectivity index (χ2n) is 6.66. The molecular formula is C16H29N3O7. The highest BCUT2D eigenvalue weighted by Crippen LogP contribution is 2.04. The SMILES string of the molecule is CC(C)(C)NCCCCC(NC(=O)N[C@@H](CCC(=O)O)OC=O)OC=O. The molecule has 0 aliphatic rings. The van der Waals surface area contributed by atoms with E-state index in [4.69, 9.17) is 9.84 Å². The average molecular weight is 375 g/mol. The van der Waals surface area contributed by atoms with Crippen LogP contribution in [0.2, 0.25) is 0 Å². The number of carboxylic acid groups (broad SMARTS) is 1. The maximum Gasteiger partial charge on any atom is 0.320 e. The predicted octanol–water partition coefficient (Wildman–Crippen LogP) is 0.707. The molecule has 0 spiro atoms. The van der Waals surface area contributed by atoms with Crippen LogP contribution in [0.4, 0.5) is 4.79 Å². The van der Waals surface area contributed by atoms with Gasteiger partial charge in [-0.25, -0.2) is 4.79 Å². The van der Waals surface area contributed by atoms with Crippen molar-refractivity contribution in [3.63, 3.8) is 0 Å². The van der Waals surface area contributed by atoms with E-state index >= 15 is 0 Å². The first-order valence-corrected chi connectivity index (χ1v) is 8.40. The van der Waals surface area contributed by atoms with Crippen molar-refractivity contribution in [3.8, 4) is 0 Å². The molecule has 0 aromatic rings. The van der Waals surface area contributed by atoms with E-state index in [0.717, 1.165) is 13.0 Å². The van der Waals surface area contributed by atoms with Gasteiger partial charge in [0.05, 0.1) is 6.42 Å². The molecule has 0 fully saturated rings. The molecule has 0 rings (SSSR count). The van der Waals surface area contributed by atoms with E-state index in [0.29, 0.717) is 12.8 Å². The lowest BCUT2D eigenvalue weighted by molar-refractivity contribution is -0.141. The third kappa shape index (κ3) is 14.0. The Labute approximate surface area is 153 Å². The summed E-state index contributed by atoms with van der Waals surface area (Å²) in [5.41, 5.74) is 0.0143. The molecule has 0 saturated carbocycles. The first-order chi connectivity index (χ1) is 12.2. The number of carbonyl (C=O) groups excluding carboxylic acids is 3. The highest BCUT2D eigenvalue weighted by Gasteiger charge is 2.18. The Hall–Kier alpha value is -2.36. The van der Waals surface area contributed by atoms with Crippen molar-refractivity contribution in [2.24, 2.45) is 0 Å². The monoisotopic (exact) mass is 375 g/mol. The van der Waals surface area contributed by atoms with Crippen molar-refractivity contribution in [1.29, 1.82) is 0 Å². The van der Waals surface area contributed by atoms with Gasteiger partial charge < -0.3 is 30.5 Å². The van der Waals surface area contributed by atoms with Crippen molar-refractivity contribution >= 4 is 24.9 Å². The summed E-state index contributed by atoms with van der Waals surface area (Å²) in [6, 6.07) is -0.734. The molecule has 0 heterocycles. The molecule has 0 radical (unpaired) electrons. The largest absolute Gasteiger partial charge is 0.481 e. The van der Waals surface area contributed by atoms with Crippen LogP contribution in [0.3, 0.4) is 0 Å². The number of amides is 2. The topological polar surface area (TPSA) is 143 Å². The summed E-state index contributed by atoms with van der Waals surface area (Å²) in [4.78, 5) is 43.5. The molecule has 2 atom stereocenters. The Morgan fingerprint density at radius 1 is 1.00 bits per heavy atom. The summed E-state index contributed by atoms with van der Waals surface area (Å²) in [7, 11) is 0. The molecule has 0 aliphatic heterocycles. The number of urea groups is 1. The Morgan fingerprint density at radius 2 is 1.54 bits per heavy atom. The van der Waals surface area contributed by atoms with Crippen molar-refractivity contribution in [2.45, 2.75) is 70.9 Å². The van der Waals surface area contributed by atoms with Gasteiger partial charge in [-0.2, -0.15) is 0 Å². The van der Waals surface area contributed by atoms with Crippen molar-refractivity contribution < 1.29 is 33.8 Å². The number of aliphatic carboxylic acids is 1. The first kappa shape index (κ1) is 23.6. The van der Waals surface area contributed by atoms with Gasteiger partial charge in [0.2, 0.25) is 0 Å². The highest BCUT2D eigenvalue weighted by molar-refractivity contribution is 5.74. The van der Waals surface area contributed by atoms with Crippen LogP contribution in [0.15, 0.2) is 0 Å². The number of unbranched alkanes of at least 4 members (excludes halogenated alkanes) is 1. The van der Waals surface area contributed by atoms with Crippen LogP contribution in [0.1, 0.15) is 52.9 Å². The summed E-state index contributed by atoms with van der Waals surface area (Å²) in [5, 5.41) is 16.7. The van der Waals surface area contributed by atoms with Crippen molar-refractivity contribution in [1.82, 2.24) is 16.0 Å². The number of nitrogens with one attached hydrogen (secondary N) is 3. The smallest absolute Gasteiger partial charge is 0.320 e. The summed E-state index contributed by atoms with van der Waals surface area (Å²) < 4.78 is 9.44. The van der Waals surface area contributed by atoms with Gasteiger partial charge in [-0.05, 0) is 40.2 Å². The molecule has 10 nitrogen and oxygen atoms in total. The Kier molecular flexibility index (Phi) is 11.8. The second kappa shape index (κ2) is 12.9. The fraction of sp³-hybridized carbons (Fsp3) is 0.750. The normalized spacial score (nSPS) is 13.2. The van der Waals surface area contributed by atoms with E-state index in [-0.39, 0.29) is 31.3 Å². The van der Waals surface area contributed by atoms with Gasteiger partial charge in [-0.15, -0.1) is 0 Å². The minimum atomic E-state index is -1.09. The summed E-state index contributed by atoms with van der Waals surface area (Å²) >= 11 is 0. The van der Waals surface area contributed by atoms with Crippen molar-refractivity contribution in [3.05, 3.63) is 0 Å². The molecule has 0 bridgehead atoms. The van der Waals surface area contributed by atoms with E-state index in [1.807, 2.05) is 0 Å². The predicted molar refractivity (Wildman–Crippen MR) is 92.0 cm³/mol. The Morgan fingerprint density at radius 3 is 2.00 bits per heavy atom. The molecule has 4 N–H and O–H groups in total. The zero-order chi connectivity index (χ0) is 20.0. The van der Waals surface area contributed by atoms with Gasteiger partial charge in [-0.1, -0.05) is 0 Å². The van der Waals surface area contributed by atoms with Gasteiger partial charge in [0.25, 0.3) is 12.9 Å². The fourth-order valence-electron chi connectivity index (χ4n) is 1.99. The molecule has 0 aromatic carbocycles. The van der Waals surface area contributed by atoms with Crippen LogP contribution in [0, 0.1) is 0 Å². The molecule has 26 heavy (non-hydrogen) atoms. The third-order valence-electron chi connectivity index (χ3n) is 3.19. The highest BCUT2D eigenvalue weighted by atomic mass is 16.5. The zero-order valence-corrected chi connectivity index (χ0v) is 15.4. The van der Waals surface area contributed by atoms with Crippen LogP contribution in [-0.4, -0.2) is 54.6 Å². The third-order valence-corrected chi connectivity index (χ3v) is 3.19. The van der Waals surface area contributed by atoms with Crippen molar-refractivity contribution in [2.75, 3.05) is 6.54 Å². The minimum Gasteiger partial charge on any atom is -0.481 e. The van der Waals surface area contributed by atoms with Gasteiger partial charge in [0.1, 0.15) is 0 Å². The van der Waals surface area contributed by atoms with E-state index in [9.17, 15) is 19.2 Å². The summed E-state index contributed by atoms with van der Waals surface area (Å²) in [5.74, 6) is -1.09. The summed E-state index contributed by atoms with van der Waals surface area (Å²) in [6.07, 6.45) is -0.349.